The summed E-state index contributed by atoms with van der Waals surface area (Å²) in [5, 5.41) is 9.82. The summed E-state index contributed by atoms with van der Waals surface area (Å²) in [6.07, 6.45) is 0. The molecule has 0 fully saturated rings. The minimum absolute atomic E-state index is 0.197. The number of thioether (sulfide) groups is 1. The van der Waals surface area contributed by atoms with Gasteiger partial charge in [0.25, 0.3) is 0 Å². The molecular formula is C24H18N2O4S. The number of benzene rings is 2. The second kappa shape index (κ2) is 8.25. The average Bonchev–Trinajstić information content (AvgIpc) is 3.09. The van der Waals surface area contributed by atoms with Crippen LogP contribution in [0.2, 0.25) is 0 Å². The molecule has 0 amide bonds. The van der Waals surface area contributed by atoms with Crippen LogP contribution in [-0.4, -0.2) is 36.2 Å². The molecule has 0 radical (unpaired) electrons. The lowest BCUT2D eigenvalue weighted by molar-refractivity contribution is -0.139. The van der Waals surface area contributed by atoms with Crippen molar-refractivity contribution in [3.05, 3.63) is 65.4 Å². The zero-order valence-electron chi connectivity index (χ0n) is 17.1. The fourth-order valence-electron chi connectivity index (χ4n) is 3.63. The van der Waals surface area contributed by atoms with Crippen LogP contribution in [0.25, 0.3) is 22.3 Å². The van der Waals surface area contributed by atoms with E-state index in [1.165, 1.54) is 7.11 Å². The van der Waals surface area contributed by atoms with Gasteiger partial charge < -0.3 is 9.47 Å². The average molecular weight is 430 g/mol. The second-order valence-corrected chi connectivity index (χ2v) is 8.22. The molecule has 1 heterocycles. The van der Waals surface area contributed by atoms with E-state index < -0.39 is 11.2 Å². The summed E-state index contributed by atoms with van der Waals surface area (Å²) in [5.41, 5.74) is 3.90. The number of hydrogen-bond acceptors (Lipinski definition) is 7. The van der Waals surface area contributed by atoms with E-state index in [2.05, 4.69) is 11.1 Å². The molecule has 0 N–H and O–H groups in total. The molecule has 2 aromatic carbocycles. The maximum Gasteiger partial charge on any atom is 0.318 e. The van der Waals surface area contributed by atoms with Crippen molar-refractivity contribution >= 4 is 23.5 Å². The van der Waals surface area contributed by atoms with Gasteiger partial charge in [0, 0.05) is 16.7 Å². The molecule has 154 valence electrons. The number of ketones is 1. The maximum atomic E-state index is 13.1. The summed E-state index contributed by atoms with van der Waals surface area (Å²) < 4.78 is 10.1. The fourth-order valence-corrected chi connectivity index (χ4v) is 4.57. The van der Waals surface area contributed by atoms with Crippen molar-refractivity contribution in [3.63, 3.8) is 0 Å². The van der Waals surface area contributed by atoms with Gasteiger partial charge in [-0.1, -0.05) is 48.2 Å². The maximum absolute atomic E-state index is 13.1. The number of fused-ring (bicyclic) bond motifs is 3. The summed E-state index contributed by atoms with van der Waals surface area (Å²) in [7, 11) is 2.89. The predicted molar refractivity (Wildman–Crippen MR) is 117 cm³/mol. The minimum atomic E-state index is -0.592. The Kier molecular flexibility index (Phi) is 5.49. The molecule has 1 aromatic heterocycles. The van der Waals surface area contributed by atoms with Gasteiger partial charge in [0.1, 0.15) is 27.8 Å². The molecule has 0 aliphatic heterocycles. The van der Waals surface area contributed by atoms with E-state index in [1.807, 2.05) is 24.3 Å². The lowest BCUT2D eigenvalue weighted by Gasteiger charge is -2.16. The van der Waals surface area contributed by atoms with Crippen LogP contribution in [0, 0.1) is 11.3 Å². The standard InChI is InChI=1S/C24H18N2O4S/c1-13(24(28)30-3)31-23-18(12-25)19(14-8-10-15(29-2)11-9-14)20-16-6-4-5-7-17(16)22(27)21(20)26-23/h4-11,13H,1-3H3/t13-/m1/s1. The highest BCUT2D eigenvalue weighted by atomic mass is 32.2. The van der Waals surface area contributed by atoms with Gasteiger partial charge in [0.2, 0.25) is 5.78 Å². The quantitative estimate of drug-likeness (QED) is 0.340. The van der Waals surface area contributed by atoms with Gasteiger partial charge in [-0.15, -0.1) is 0 Å². The van der Waals surface area contributed by atoms with E-state index in [0.29, 0.717) is 33.0 Å². The van der Waals surface area contributed by atoms with Crippen molar-refractivity contribution in [2.45, 2.75) is 17.2 Å². The molecule has 0 bridgehead atoms. The number of nitrogens with zero attached hydrogens (tertiary/aromatic N) is 2. The number of carbonyl (C=O) groups excluding carboxylic acids is 2. The van der Waals surface area contributed by atoms with Crippen LogP contribution in [0.3, 0.4) is 0 Å². The topological polar surface area (TPSA) is 89.3 Å². The number of aromatic nitrogens is 1. The minimum Gasteiger partial charge on any atom is -0.497 e. The number of ether oxygens (including phenoxy) is 2. The molecule has 6 nitrogen and oxygen atoms in total. The first-order valence-corrected chi connectivity index (χ1v) is 10.4. The van der Waals surface area contributed by atoms with Crippen molar-refractivity contribution in [3.8, 4) is 34.1 Å². The van der Waals surface area contributed by atoms with Gasteiger partial charge in [-0.3, -0.25) is 9.59 Å². The number of hydrogen-bond donors (Lipinski definition) is 0. The van der Waals surface area contributed by atoms with Gasteiger partial charge in [-0.2, -0.15) is 5.26 Å². The third-order valence-electron chi connectivity index (χ3n) is 5.13. The van der Waals surface area contributed by atoms with Crippen molar-refractivity contribution in [2.24, 2.45) is 0 Å². The van der Waals surface area contributed by atoms with Crippen LogP contribution in [0.15, 0.2) is 53.6 Å². The lowest BCUT2D eigenvalue weighted by atomic mass is 9.93. The number of pyridine rings is 1. The monoisotopic (exact) mass is 430 g/mol. The smallest absolute Gasteiger partial charge is 0.318 e. The third-order valence-corrected chi connectivity index (χ3v) is 6.20. The molecule has 1 atom stereocenters. The summed E-state index contributed by atoms with van der Waals surface area (Å²) in [4.78, 5) is 29.7. The lowest BCUT2D eigenvalue weighted by Crippen LogP contribution is -2.15. The molecule has 0 saturated heterocycles. The molecule has 0 unspecified atom stereocenters. The van der Waals surface area contributed by atoms with Crippen LogP contribution >= 0.6 is 11.8 Å². The van der Waals surface area contributed by atoms with Gasteiger partial charge in [-0.25, -0.2) is 4.98 Å². The molecular weight excluding hydrogens is 412 g/mol. The second-order valence-electron chi connectivity index (χ2n) is 6.89. The van der Waals surface area contributed by atoms with Gasteiger partial charge in [0.15, 0.2) is 0 Å². The zero-order valence-corrected chi connectivity index (χ0v) is 17.9. The zero-order chi connectivity index (χ0) is 22.1. The molecule has 31 heavy (non-hydrogen) atoms. The van der Waals surface area contributed by atoms with Crippen LogP contribution in [0.4, 0.5) is 0 Å². The van der Waals surface area contributed by atoms with E-state index in [1.54, 1.807) is 38.3 Å². The number of nitriles is 1. The predicted octanol–water partition coefficient (Wildman–Crippen LogP) is 4.49. The van der Waals surface area contributed by atoms with E-state index >= 15 is 0 Å². The highest BCUT2D eigenvalue weighted by Gasteiger charge is 2.34. The van der Waals surface area contributed by atoms with Crippen LogP contribution < -0.4 is 4.74 Å². The summed E-state index contributed by atoms with van der Waals surface area (Å²) in [6, 6.07) is 16.8. The van der Waals surface area contributed by atoms with Crippen LogP contribution in [0.5, 0.6) is 5.75 Å². The molecule has 1 aliphatic rings. The summed E-state index contributed by atoms with van der Waals surface area (Å²) in [6.45, 7) is 1.68. The third kappa shape index (κ3) is 3.45. The first-order chi connectivity index (χ1) is 15.0. The Morgan fingerprint density at radius 1 is 1.06 bits per heavy atom. The Morgan fingerprint density at radius 2 is 1.74 bits per heavy atom. The molecule has 3 aromatic rings. The van der Waals surface area contributed by atoms with Gasteiger partial charge in [-0.05, 0) is 30.2 Å². The van der Waals surface area contributed by atoms with Crippen molar-refractivity contribution in [1.82, 2.24) is 4.98 Å². The Morgan fingerprint density at radius 3 is 2.35 bits per heavy atom. The van der Waals surface area contributed by atoms with E-state index in [4.69, 9.17) is 9.47 Å². The van der Waals surface area contributed by atoms with Crippen molar-refractivity contribution in [1.29, 1.82) is 5.26 Å². The van der Waals surface area contributed by atoms with E-state index in [9.17, 15) is 14.9 Å². The van der Waals surface area contributed by atoms with E-state index in [0.717, 1.165) is 22.9 Å². The Bertz CT molecular complexity index is 1250. The van der Waals surface area contributed by atoms with Crippen LogP contribution in [-0.2, 0) is 9.53 Å². The molecule has 4 rings (SSSR count). The van der Waals surface area contributed by atoms with Crippen molar-refractivity contribution in [2.75, 3.05) is 14.2 Å². The highest BCUT2D eigenvalue weighted by Crippen LogP contribution is 2.46. The fraction of sp³-hybridized carbons (Fsp3) is 0.167. The number of methoxy groups -OCH3 is 2. The Hall–Kier alpha value is -3.63. The molecule has 1 aliphatic carbocycles. The van der Waals surface area contributed by atoms with Gasteiger partial charge >= 0.3 is 5.97 Å². The molecule has 7 heteroatoms. The highest BCUT2D eigenvalue weighted by molar-refractivity contribution is 8.00. The first kappa shape index (κ1) is 20.6. The SMILES string of the molecule is COC(=O)[C@@H](C)Sc1nc2c(c(-c3ccc(OC)cc3)c1C#N)-c1ccccc1C2=O. The number of esters is 1. The number of carbonyl (C=O) groups is 2. The summed E-state index contributed by atoms with van der Waals surface area (Å²) in [5.74, 6) is 0.0487. The van der Waals surface area contributed by atoms with Gasteiger partial charge in [0.05, 0.1) is 19.8 Å². The van der Waals surface area contributed by atoms with Crippen LogP contribution in [0.1, 0.15) is 28.5 Å². The molecule has 0 saturated carbocycles. The van der Waals surface area contributed by atoms with E-state index in [-0.39, 0.29) is 11.5 Å². The molecule has 0 spiro atoms. The Balaban J connectivity index is 2.01. The first-order valence-electron chi connectivity index (χ1n) is 9.51. The largest absolute Gasteiger partial charge is 0.497 e. The normalized spacial score (nSPS) is 12.5. The number of rotatable bonds is 5. The Labute approximate surface area is 183 Å². The van der Waals surface area contributed by atoms with Crippen molar-refractivity contribution < 1.29 is 19.1 Å². The summed E-state index contributed by atoms with van der Waals surface area (Å²) >= 11 is 1.11.